The Morgan fingerprint density at radius 1 is 1.52 bits per heavy atom. The highest BCUT2D eigenvalue weighted by molar-refractivity contribution is 5.94. The molecule has 1 aromatic carbocycles. The average Bonchev–Trinajstić information content (AvgIpc) is 2.83. The zero-order chi connectivity index (χ0) is 15.4. The molecule has 0 aliphatic heterocycles. The first-order chi connectivity index (χ1) is 9.97. The van der Waals surface area contributed by atoms with E-state index in [1.807, 2.05) is 6.20 Å². The van der Waals surface area contributed by atoms with Gasteiger partial charge in [0.15, 0.2) is 0 Å². The molecule has 21 heavy (non-hydrogen) atoms. The van der Waals surface area contributed by atoms with Gasteiger partial charge in [0, 0.05) is 31.4 Å². The smallest absolute Gasteiger partial charge is 0.304 e. The number of benzene rings is 1. The summed E-state index contributed by atoms with van der Waals surface area (Å²) in [4.78, 5) is 21.5. The standard InChI is InChI=1S/C13H13FN4O3/c1-17-8-9(7-16-17)4-5-15-13(19)10-2-3-12(18(20)21)11(14)6-10/h2-3,6-8H,4-5H2,1H3,(H,15,19). The minimum Gasteiger partial charge on any atom is -0.352 e. The molecule has 1 aromatic heterocycles. The van der Waals surface area contributed by atoms with Crippen LogP contribution in [-0.2, 0) is 13.5 Å². The van der Waals surface area contributed by atoms with Gasteiger partial charge in [-0.3, -0.25) is 19.6 Å². The van der Waals surface area contributed by atoms with Crippen LogP contribution < -0.4 is 5.32 Å². The number of aryl methyl sites for hydroxylation is 1. The lowest BCUT2D eigenvalue weighted by Crippen LogP contribution is -2.25. The van der Waals surface area contributed by atoms with E-state index in [-0.39, 0.29) is 5.56 Å². The highest BCUT2D eigenvalue weighted by atomic mass is 19.1. The van der Waals surface area contributed by atoms with Gasteiger partial charge in [0.25, 0.3) is 5.91 Å². The Morgan fingerprint density at radius 3 is 2.86 bits per heavy atom. The molecular formula is C13H13FN4O3. The molecule has 0 bridgehead atoms. The monoisotopic (exact) mass is 292 g/mol. The van der Waals surface area contributed by atoms with Crippen molar-refractivity contribution in [3.8, 4) is 0 Å². The fourth-order valence-electron chi connectivity index (χ4n) is 1.82. The van der Waals surface area contributed by atoms with Crippen LogP contribution in [0.4, 0.5) is 10.1 Å². The molecule has 110 valence electrons. The van der Waals surface area contributed by atoms with Crippen molar-refractivity contribution in [2.45, 2.75) is 6.42 Å². The Balaban J connectivity index is 1.94. The lowest BCUT2D eigenvalue weighted by molar-refractivity contribution is -0.387. The number of nitrogens with one attached hydrogen (secondary N) is 1. The number of hydrogen-bond donors (Lipinski definition) is 1. The van der Waals surface area contributed by atoms with Crippen LogP contribution in [0, 0.1) is 15.9 Å². The number of nitro benzene ring substituents is 1. The van der Waals surface area contributed by atoms with Crippen LogP contribution in [0.3, 0.4) is 0 Å². The fourth-order valence-corrected chi connectivity index (χ4v) is 1.82. The largest absolute Gasteiger partial charge is 0.352 e. The van der Waals surface area contributed by atoms with E-state index in [1.54, 1.807) is 17.9 Å². The highest BCUT2D eigenvalue weighted by Crippen LogP contribution is 2.17. The van der Waals surface area contributed by atoms with Crippen molar-refractivity contribution in [1.82, 2.24) is 15.1 Å². The van der Waals surface area contributed by atoms with E-state index < -0.39 is 22.3 Å². The van der Waals surface area contributed by atoms with E-state index >= 15 is 0 Å². The summed E-state index contributed by atoms with van der Waals surface area (Å²) < 4.78 is 15.1. The minimum atomic E-state index is -1.03. The van der Waals surface area contributed by atoms with E-state index in [4.69, 9.17) is 0 Å². The van der Waals surface area contributed by atoms with Crippen LogP contribution in [-0.4, -0.2) is 27.2 Å². The Kier molecular flexibility index (Phi) is 4.27. The van der Waals surface area contributed by atoms with Crippen LogP contribution in [0.15, 0.2) is 30.6 Å². The van der Waals surface area contributed by atoms with Crippen molar-refractivity contribution in [3.63, 3.8) is 0 Å². The Bertz CT molecular complexity index is 684. The predicted octanol–water partition coefficient (Wildman–Crippen LogP) is 1.44. The number of amides is 1. The summed E-state index contributed by atoms with van der Waals surface area (Å²) >= 11 is 0. The van der Waals surface area contributed by atoms with Crippen LogP contribution in [0.1, 0.15) is 15.9 Å². The SMILES string of the molecule is Cn1cc(CCNC(=O)c2ccc([N+](=O)[O-])c(F)c2)cn1. The van der Waals surface area contributed by atoms with Crippen molar-refractivity contribution in [3.05, 3.63) is 57.7 Å². The molecule has 8 heteroatoms. The molecule has 1 amide bonds. The molecule has 0 atom stereocenters. The van der Waals surface area contributed by atoms with Crippen molar-refractivity contribution >= 4 is 11.6 Å². The summed E-state index contributed by atoms with van der Waals surface area (Å²) in [5.41, 5.74) is 0.360. The molecule has 0 aliphatic carbocycles. The normalized spacial score (nSPS) is 10.4. The summed E-state index contributed by atoms with van der Waals surface area (Å²) in [7, 11) is 1.79. The van der Waals surface area contributed by atoms with Crippen LogP contribution in [0.25, 0.3) is 0 Å². The average molecular weight is 292 g/mol. The van der Waals surface area contributed by atoms with Crippen molar-refractivity contribution in [2.75, 3.05) is 6.54 Å². The first kappa shape index (κ1) is 14.6. The zero-order valence-corrected chi connectivity index (χ0v) is 11.2. The van der Waals surface area contributed by atoms with Gasteiger partial charge in [-0.25, -0.2) is 0 Å². The van der Waals surface area contributed by atoms with Gasteiger partial charge >= 0.3 is 5.69 Å². The quantitative estimate of drug-likeness (QED) is 0.667. The Labute approximate surface area is 119 Å². The number of nitrogens with zero attached hydrogens (tertiary/aromatic N) is 3. The zero-order valence-electron chi connectivity index (χ0n) is 11.2. The van der Waals surface area contributed by atoms with Gasteiger partial charge in [-0.15, -0.1) is 0 Å². The second-order valence-corrected chi connectivity index (χ2v) is 4.45. The van der Waals surface area contributed by atoms with Crippen molar-refractivity contribution in [2.24, 2.45) is 7.05 Å². The molecule has 0 saturated carbocycles. The van der Waals surface area contributed by atoms with E-state index in [9.17, 15) is 19.3 Å². The van der Waals surface area contributed by atoms with Crippen molar-refractivity contribution < 1.29 is 14.1 Å². The van der Waals surface area contributed by atoms with Crippen LogP contribution in [0.5, 0.6) is 0 Å². The van der Waals surface area contributed by atoms with E-state index in [0.29, 0.717) is 13.0 Å². The van der Waals surface area contributed by atoms with Gasteiger partial charge in [-0.05, 0) is 24.1 Å². The second-order valence-electron chi connectivity index (χ2n) is 4.45. The summed E-state index contributed by atoms with van der Waals surface area (Å²) in [6.45, 7) is 0.364. The third-order valence-electron chi connectivity index (χ3n) is 2.86. The number of aromatic nitrogens is 2. The fraction of sp³-hybridized carbons (Fsp3) is 0.231. The molecule has 2 rings (SSSR count). The summed E-state index contributed by atoms with van der Waals surface area (Å²) in [6, 6.07) is 3.06. The number of carbonyl (C=O) groups excluding carboxylic acids is 1. The minimum absolute atomic E-state index is 0.0456. The molecule has 0 saturated heterocycles. The molecule has 0 radical (unpaired) electrons. The van der Waals surface area contributed by atoms with E-state index in [0.717, 1.165) is 17.7 Å². The van der Waals surface area contributed by atoms with Gasteiger partial charge in [0.2, 0.25) is 5.82 Å². The summed E-state index contributed by atoms with van der Waals surface area (Å²) in [6.07, 6.45) is 4.12. The van der Waals surface area contributed by atoms with Gasteiger partial charge in [0.1, 0.15) is 0 Å². The molecular weight excluding hydrogens is 279 g/mol. The first-order valence-corrected chi connectivity index (χ1v) is 6.17. The molecule has 0 spiro atoms. The topological polar surface area (TPSA) is 90.1 Å². The number of hydrogen-bond acceptors (Lipinski definition) is 4. The third kappa shape index (κ3) is 3.62. The second kappa shape index (κ2) is 6.12. The molecule has 1 heterocycles. The Hall–Kier alpha value is -2.77. The molecule has 2 aromatic rings. The highest BCUT2D eigenvalue weighted by Gasteiger charge is 2.16. The molecule has 1 N–H and O–H groups in total. The van der Waals surface area contributed by atoms with E-state index in [2.05, 4.69) is 10.4 Å². The molecule has 0 aliphatic rings. The van der Waals surface area contributed by atoms with Crippen molar-refractivity contribution in [1.29, 1.82) is 0 Å². The summed E-state index contributed by atoms with van der Waals surface area (Å²) in [5, 5.41) is 17.1. The maximum Gasteiger partial charge on any atom is 0.304 e. The summed E-state index contributed by atoms with van der Waals surface area (Å²) in [5.74, 6) is -1.51. The maximum atomic E-state index is 13.4. The number of carbonyl (C=O) groups is 1. The number of nitro groups is 1. The van der Waals surface area contributed by atoms with Crippen LogP contribution in [0.2, 0.25) is 0 Å². The van der Waals surface area contributed by atoms with Gasteiger partial charge in [-0.2, -0.15) is 9.49 Å². The predicted molar refractivity (Wildman–Crippen MR) is 72.3 cm³/mol. The lowest BCUT2D eigenvalue weighted by atomic mass is 10.2. The third-order valence-corrected chi connectivity index (χ3v) is 2.86. The maximum absolute atomic E-state index is 13.4. The van der Waals surface area contributed by atoms with Gasteiger partial charge in [-0.1, -0.05) is 0 Å². The van der Waals surface area contributed by atoms with Gasteiger partial charge in [0.05, 0.1) is 11.1 Å². The lowest BCUT2D eigenvalue weighted by Gasteiger charge is -2.04. The number of rotatable bonds is 5. The first-order valence-electron chi connectivity index (χ1n) is 6.17. The van der Waals surface area contributed by atoms with Gasteiger partial charge < -0.3 is 5.32 Å². The number of halogens is 1. The molecule has 0 fully saturated rings. The van der Waals surface area contributed by atoms with E-state index in [1.165, 1.54) is 6.07 Å². The van der Waals surface area contributed by atoms with Crippen LogP contribution >= 0.6 is 0 Å². The Morgan fingerprint density at radius 2 is 2.29 bits per heavy atom. The molecule has 7 nitrogen and oxygen atoms in total. The molecule has 0 unspecified atom stereocenters.